The van der Waals surface area contributed by atoms with Gasteiger partial charge in [0.15, 0.2) is 0 Å². The van der Waals surface area contributed by atoms with E-state index < -0.39 is 0 Å². The maximum Gasteiger partial charge on any atom is 0.0965 e. The minimum absolute atomic E-state index is 0.0759. The second-order valence-electron chi connectivity index (χ2n) is 5.54. The molecule has 2 unspecified atom stereocenters. The molecule has 4 heteroatoms. The predicted octanol–water partition coefficient (Wildman–Crippen LogP) is 4.57. The zero-order chi connectivity index (χ0) is 14.9. The lowest BCUT2D eigenvalue weighted by molar-refractivity contribution is -0.0307. The summed E-state index contributed by atoms with van der Waals surface area (Å²) in [4.78, 5) is 0. The molecule has 0 saturated carbocycles. The SMILES string of the molecule is CC1(c2ccccc2)COC(c2cc(Cl)ccc2Cl)CN1. The van der Waals surface area contributed by atoms with E-state index in [0.717, 1.165) is 5.56 Å². The van der Waals surface area contributed by atoms with E-state index in [9.17, 15) is 0 Å². The Hall–Kier alpha value is -1.06. The lowest BCUT2D eigenvalue weighted by atomic mass is 9.90. The molecule has 1 fully saturated rings. The molecule has 1 aliphatic rings. The molecule has 1 heterocycles. The number of halogens is 2. The van der Waals surface area contributed by atoms with Gasteiger partial charge in [-0.15, -0.1) is 0 Å². The zero-order valence-corrected chi connectivity index (χ0v) is 13.3. The molecule has 0 bridgehead atoms. The van der Waals surface area contributed by atoms with Gasteiger partial charge in [0.2, 0.25) is 0 Å². The summed E-state index contributed by atoms with van der Waals surface area (Å²) in [5.74, 6) is 0. The summed E-state index contributed by atoms with van der Waals surface area (Å²) in [5, 5.41) is 4.95. The van der Waals surface area contributed by atoms with E-state index >= 15 is 0 Å². The monoisotopic (exact) mass is 321 g/mol. The van der Waals surface area contributed by atoms with Gasteiger partial charge in [-0.25, -0.2) is 0 Å². The first kappa shape index (κ1) is 14.9. The lowest BCUT2D eigenvalue weighted by Crippen LogP contribution is -2.50. The Morgan fingerprint density at radius 3 is 2.57 bits per heavy atom. The van der Waals surface area contributed by atoms with Gasteiger partial charge in [-0.1, -0.05) is 53.5 Å². The Labute approximate surface area is 135 Å². The summed E-state index contributed by atoms with van der Waals surface area (Å²) in [6.07, 6.45) is -0.0759. The molecule has 0 aliphatic carbocycles. The van der Waals surface area contributed by atoms with E-state index in [1.165, 1.54) is 5.56 Å². The van der Waals surface area contributed by atoms with Crippen LogP contribution in [0.25, 0.3) is 0 Å². The topological polar surface area (TPSA) is 21.3 Å². The van der Waals surface area contributed by atoms with Gasteiger partial charge in [0, 0.05) is 22.2 Å². The van der Waals surface area contributed by atoms with Crippen LogP contribution >= 0.6 is 23.2 Å². The summed E-state index contributed by atoms with van der Waals surface area (Å²) in [5.41, 5.74) is 1.98. The second kappa shape index (κ2) is 5.98. The summed E-state index contributed by atoms with van der Waals surface area (Å²) < 4.78 is 6.06. The molecule has 1 N–H and O–H groups in total. The molecule has 3 rings (SSSR count). The number of morpholine rings is 1. The van der Waals surface area contributed by atoms with Gasteiger partial charge in [-0.05, 0) is 30.7 Å². The Bertz CT molecular complexity index is 622. The van der Waals surface area contributed by atoms with E-state index in [1.807, 2.05) is 30.3 Å². The van der Waals surface area contributed by atoms with Crippen LogP contribution in [0.5, 0.6) is 0 Å². The molecule has 2 aromatic carbocycles. The van der Waals surface area contributed by atoms with Crippen LogP contribution in [-0.2, 0) is 10.3 Å². The van der Waals surface area contributed by atoms with Crippen molar-refractivity contribution in [2.75, 3.05) is 13.2 Å². The van der Waals surface area contributed by atoms with Crippen LogP contribution < -0.4 is 5.32 Å². The molecule has 0 amide bonds. The van der Waals surface area contributed by atoms with Gasteiger partial charge in [0.1, 0.15) is 0 Å². The maximum atomic E-state index is 6.25. The van der Waals surface area contributed by atoms with E-state index in [1.54, 1.807) is 6.07 Å². The first-order valence-corrected chi connectivity index (χ1v) is 7.71. The summed E-state index contributed by atoms with van der Waals surface area (Å²) in [6, 6.07) is 15.8. The van der Waals surface area contributed by atoms with E-state index in [4.69, 9.17) is 27.9 Å². The molecule has 110 valence electrons. The molecular formula is C17H17Cl2NO. The fourth-order valence-corrected chi connectivity index (χ4v) is 3.07. The van der Waals surface area contributed by atoms with Gasteiger partial charge < -0.3 is 10.1 Å². The third-order valence-corrected chi connectivity index (χ3v) is 4.55. The fraction of sp³-hybridized carbons (Fsp3) is 0.294. The highest BCUT2D eigenvalue weighted by molar-refractivity contribution is 6.33. The average molecular weight is 322 g/mol. The van der Waals surface area contributed by atoms with Crippen LogP contribution in [0.15, 0.2) is 48.5 Å². The quantitative estimate of drug-likeness (QED) is 0.874. The third kappa shape index (κ3) is 3.09. The van der Waals surface area contributed by atoms with Crippen LogP contribution in [0.2, 0.25) is 10.0 Å². The maximum absolute atomic E-state index is 6.25. The Balaban J connectivity index is 1.77. The Morgan fingerprint density at radius 1 is 1.14 bits per heavy atom. The standard InChI is InChI=1S/C17H17Cl2NO/c1-17(12-5-3-2-4-6-12)11-21-16(10-20-17)14-9-13(18)7-8-15(14)19/h2-9,16,20H,10-11H2,1H3. The second-order valence-corrected chi connectivity index (χ2v) is 6.39. The fourth-order valence-electron chi connectivity index (χ4n) is 2.65. The molecule has 1 saturated heterocycles. The van der Waals surface area contributed by atoms with Crippen LogP contribution in [0.1, 0.15) is 24.2 Å². The number of rotatable bonds is 2. The molecule has 2 atom stereocenters. The molecule has 21 heavy (non-hydrogen) atoms. The zero-order valence-electron chi connectivity index (χ0n) is 11.8. The lowest BCUT2D eigenvalue weighted by Gasteiger charge is -2.39. The number of hydrogen-bond donors (Lipinski definition) is 1. The van der Waals surface area contributed by atoms with E-state index in [-0.39, 0.29) is 11.6 Å². The van der Waals surface area contributed by atoms with Crippen LogP contribution in [0, 0.1) is 0 Å². The van der Waals surface area contributed by atoms with Crippen molar-refractivity contribution in [2.24, 2.45) is 0 Å². The van der Waals surface area contributed by atoms with E-state index in [2.05, 4.69) is 24.4 Å². The van der Waals surface area contributed by atoms with Crippen molar-refractivity contribution in [3.05, 3.63) is 69.7 Å². The van der Waals surface area contributed by atoms with Crippen molar-refractivity contribution in [1.82, 2.24) is 5.32 Å². The number of benzene rings is 2. The highest BCUT2D eigenvalue weighted by Gasteiger charge is 2.33. The molecule has 1 aliphatic heterocycles. The largest absolute Gasteiger partial charge is 0.370 e. The Morgan fingerprint density at radius 2 is 1.90 bits per heavy atom. The summed E-state index contributed by atoms with van der Waals surface area (Å²) >= 11 is 12.3. The van der Waals surface area contributed by atoms with Crippen molar-refractivity contribution >= 4 is 23.2 Å². The highest BCUT2D eigenvalue weighted by atomic mass is 35.5. The van der Waals surface area contributed by atoms with Crippen molar-refractivity contribution in [3.8, 4) is 0 Å². The minimum Gasteiger partial charge on any atom is -0.370 e. The van der Waals surface area contributed by atoms with Crippen LogP contribution in [-0.4, -0.2) is 13.2 Å². The number of nitrogens with one attached hydrogen (secondary N) is 1. The Kier molecular flexibility index (Phi) is 4.23. The minimum atomic E-state index is -0.178. The average Bonchev–Trinajstić information content (AvgIpc) is 2.52. The summed E-state index contributed by atoms with van der Waals surface area (Å²) in [6.45, 7) is 3.44. The number of ether oxygens (including phenoxy) is 1. The predicted molar refractivity (Wildman–Crippen MR) is 87.0 cm³/mol. The van der Waals surface area contributed by atoms with E-state index in [0.29, 0.717) is 23.2 Å². The first-order chi connectivity index (χ1) is 10.1. The molecule has 0 spiro atoms. The molecule has 2 nitrogen and oxygen atoms in total. The third-order valence-electron chi connectivity index (χ3n) is 3.97. The summed E-state index contributed by atoms with van der Waals surface area (Å²) in [7, 11) is 0. The normalized spacial score (nSPS) is 25.8. The van der Waals surface area contributed by atoms with Crippen molar-refractivity contribution in [2.45, 2.75) is 18.6 Å². The van der Waals surface area contributed by atoms with Gasteiger partial charge in [-0.2, -0.15) is 0 Å². The molecular weight excluding hydrogens is 305 g/mol. The van der Waals surface area contributed by atoms with Crippen molar-refractivity contribution in [1.29, 1.82) is 0 Å². The highest BCUT2D eigenvalue weighted by Crippen LogP contribution is 2.34. The number of hydrogen-bond acceptors (Lipinski definition) is 2. The van der Waals surface area contributed by atoms with Gasteiger partial charge in [0.05, 0.1) is 18.2 Å². The molecule has 2 aromatic rings. The van der Waals surface area contributed by atoms with Crippen molar-refractivity contribution in [3.63, 3.8) is 0 Å². The van der Waals surface area contributed by atoms with Gasteiger partial charge in [-0.3, -0.25) is 0 Å². The van der Waals surface area contributed by atoms with Gasteiger partial charge >= 0.3 is 0 Å². The first-order valence-electron chi connectivity index (χ1n) is 6.96. The molecule has 0 radical (unpaired) electrons. The van der Waals surface area contributed by atoms with Crippen molar-refractivity contribution < 1.29 is 4.74 Å². The smallest absolute Gasteiger partial charge is 0.0965 e. The van der Waals surface area contributed by atoms with Gasteiger partial charge in [0.25, 0.3) is 0 Å². The molecule has 0 aromatic heterocycles. The van der Waals surface area contributed by atoms with Crippen LogP contribution in [0.4, 0.5) is 0 Å². The van der Waals surface area contributed by atoms with Crippen LogP contribution in [0.3, 0.4) is 0 Å².